The molecule has 1 aromatic carbocycles. The normalized spacial score (nSPS) is 20.7. The highest BCUT2D eigenvalue weighted by Crippen LogP contribution is 2.19. The van der Waals surface area contributed by atoms with Gasteiger partial charge in [0, 0.05) is 44.4 Å². The number of nitrogens with one attached hydrogen (secondary N) is 1. The van der Waals surface area contributed by atoms with Gasteiger partial charge in [-0.3, -0.25) is 4.79 Å². The molecule has 2 saturated heterocycles. The van der Waals surface area contributed by atoms with E-state index in [0.29, 0.717) is 31.8 Å². The molecule has 2 aliphatic heterocycles. The summed E-state index contributed by atoms with van der Waals surface area (Å²) in [6.07, 6.45) is 3.43. The van der Waals surface area contributed by atoms with Crippen LogP contribution in [0.4, 0.5) is 4.79 Å². The number of aliphatic hydroxyl groups excluding tert-OH is 1. The van der Waals surface area contributed by atoms with Crippen LogP contribution in [0.1, 0.15) is 43.0 Å². The summed E-state index contributed by atoms with van der Waals surface area (Å²) in [7, 11) is 0. The SMILES string of the molecule is CCOc1ccc(C(=O)N2CCC(NC(=O)N3CCCC(CO)C3)CC2)cc1. The Hall–Kier alpha value is -2.28. The highest BCUT2D eigenvalue weighted by molar-refractivity contribution is 5.94. The Labute approximate surface area is 166 Å². The molecule has 2 heterocycles. The van der Waals surface area contributed by atoms with Gasteiger partial charge >= 0.3 is 6.03 Å². The van der Waals surface area contributed by atoms with Gasteiger partial charge in [-0.25, -0.2) is 4.79 Å². The van der Waals surface area contributed by atoms with Gasteiger partial charge in [0.25, 0.3) is 5.91 Å². The Morgan fingerprint density at radius 2 is 1.82 bits per heavy atom. The summed E-state index contributed by atoms with van der Waals surface area (Å²) in [6, 6.07) is 7.29. The zero-order chi connectivity index (χ0) is 19.9. The monoisotopic (exact) mass is 389 g/mol. The number of ether oxygens (including phenoxy) is 1. The molecule has 7 nitrogen and oxygen atoms in total. The predicted octanol–water partition coefficient (Wildman–Crippen LogP) is 2.10. The van der Waals surface area contributed by atoms with Crippen molar-refractivity contribution in [3.8, 4) is 5.75 Å². The predicted molar refractivity (Wildman–Crippen MR) is 106 cm³/mol. The van der Waals surface area contributed by atoms with Crippen molar-refractivity contribution in [2.75, 3.05) is 39.4 Å². The van der Waals surface area contributed by atoms with E-state index in [1.807, 2.05) is 28.9 Å². The highest BCUT2D eigenvalue weighted by Gasteiger charge is 2.28. The third-order valence-electron chi connectivity index (χ3n) is 5.59. The van der Waals surface area contributed by atoms with E-state index in [2.05, 4.69) is 5.32 Å². The molecule has 0 radical (unpaired) electrons. The number of hydrogen-bond donors (Lipinski definition) is 2. The van der Waals surface area contributed by atoms with Gasteiger partial charge in [-0.2, -0.15) is 0 Å². The quantitative estimate of drug-likeness (QED) is 0.808. The number of piperidine rings is 2. The zero-order valence-corrected chi connectivity index (χ0v) is 16.6. The van der Waals surface area contributed by atoms with Crippen molar-refractivity contribution in [1.29, 1.82) is 0 Å². The van der Waals surface area contributed by atoms with Crippen LogP contribution >= 0.6 is 0 Å². The molecule has 3 rings (SSSR count). The van der Waals surface area contributed by atoms with Gasteiger partial charge in [-0.15, -0.1) is 0 Å². The molecule has 2 aliphatic rings. The summed E-state index contributed by atoms with van der Waals surface area (Å²) in [4.78, 5) is 28.8. The van der Waals surface area contributed by atoms with Crippen LogP contribution in [-0.4, -0.2) is 72.3 Å². The highest BCUT2D eigenvalue weighted by atomic mass is 16.5. The molecule has 1 unspecified atom stereocenters. The summed E-state index contributed by atoms with van der Waals surface area (Å²) < 4.78 is 5.42. The van der Waals surface area contributed by atoms with Crippen molar-refractivity contribution in [3.05, 3.63) is 29.8 Å². The maximum Gasteiger partial charge on any atom is 0.317 e. The lowest BCUT2D eigenvalue weighted by atomic mass is 9.99. The fourth-order valence-corrected chi connectivity index (χ4v) is 3.93. The second-order valence-corrected chi connectivity index (χ2v) is 7.61. The van der Waals surface area contributed by atoms with E-state index in [0.717, 1.165) is 38.0 Å². The number of rotatable bonds is 5. The second-order valence-electron chi connectivity index (χ2n) is 7.61. The molecule has 2 N–H and O–H groups in total. The molecular formula is C21H31N3O4. The Kier molecular flexibility index (Phi) is 7.14. The molecule has 28 heavy (non-hydrogen) atoms. The number of likely N-dealkylation sites (tertiary alicyclic amines) is 2. The summed E-state index contributed by atoms with van der Waals surface area (Å²) >= 11 is 0. The van der Waals surface area contributed by atoms with Crippen molar-refractivity contribution < 1.29 is 19.4 Å². The first-order valence-electron chi connectivity index (χ1n) is 10.3. The van der Waals surface area contributed by atoms with E-state index >= 15 is 0 Å². The number of aliphatic hydroxyl groups is 1. The molecule has 0 spiro atoms. The Morgan fingerprint density at radius 3 is 2.46 bits per heavy atom. The lowest BCUT2D eigenvalue weighted by Crippen LogP contribution is -2.52. The Bertz CT molecular complexity index is 656. The number of carbonyl (C=O) groups excluding carboxylic acids is 2. The summed E-state index contributed by atoms with van der Waals surface area (Å²) in [5.41, 5.74) is 0.661. The molecule has 1 atom stereocenters. The van der Waals surface area contributed by atoms with Gasteiger partial charge < -0.3 is 25.0 Å². The van der Waals surface area contributed by atoms with E-state index in [-0.39, 0.29) is 30.5 Å². The molecule has 0 aromatic heterocycles. The van der Waals surface area contributed by atoms with Crippen molar-refractivity contribution in [2.45, 2.75) is 38.6 Å². The van der Waals surface area contributed by atoms with E-state index in [1.54, 1.807) is 12.1 Å². The van der Waals surface area contributed by atoms with Gasteiger partial charge in [-0.05, 0) is 62.8 Å². The van der Waals surface area contributed by atoms with E-state index in [1.165, 1.54) is 0 Å². The van der Waals surface area contributed by atoms with E-state index in [4.69, 9.17) is 4.74 Å². The first kappa shape index (κ1) is 20.5. The summed E-state index contributed by atoms with van der Waals surface area (Å²) in [6.45, 7) is 5.31. The first-order valence-corrected chi connectivity index (χ1v) is 10.3. The van der Waals surface area contributed by atoms with Crippen LogP contribution in [0.15, 0.2) is 24.3 Å². The molecule has 7 heteroatoms. The fourth-order valence-electron chi connectivity index (χ4n) is 3.93. The average molecular weight is 389 g/mol. The molecule has 2 fully saturated rings. The first-order chi connectivity index (χ1) is 13.6. The lowest BCUT2D eigenvalue weighted by Gasteiger charge is -2.36. The molecule has 1 aromatic rings. The van der Waals surface area contributed by atoms with Gasteiger partial charge in [0.2, 0.25) is 0 Å². The number of carbonyl (C=O) groups is 2. The van der Waals surface area contributed by atoms with Gasteiger partial charge in [0.15, 0.2) is 0 Å². The Balaban J connectivity index is 1.46. The van der Waals surface area contributed by atoms with Gasteiger partial charge in [0.1, 0.15) is 5.75 Å². The average Bonchev–Trinajstić information content (AvgIpc) is 2.74. The van der Waals surface area contributed by atoms with Crippen molar-refractivity contribution in [1.82, 2.24) is 15.1 Å². The third kappa shape index (κ3) is 5.16. The number of amides is 3. The number of urea groups is 1. The van der Waals surface area contributed by atoms with Crippen molar-refractivity contribution in [2.24, 2.45) is 5.92 Å². The minimum Gasteiger partial charge on any atom is -0.494 e. The number of hydrogen-bond acceptors (Lipinski definition) is 4. The molecule has 154 valence electrons. The molecule has 0 bridgehead atoms. The minimum atomic E-state index is -0.0468. The molecular weight excluding hydrogens is 358 g/mol. The van der Waals surface area contributed by atoms with E-state index < -0.39 is 0 Å². The fraction of sp³-hybridized carbons (Fsp3) is 0.619. The number of nitrogens with zero attached hydrogens (tertiary/aromatic N) is 2. The maximum atomic E-state index is 12.7. The van der Waals surface area contributed by atoms with Crippen LogP contribution in [0.5, 0.6) is 5.75 Å². The summed E-state index contributed by atoms with van der Waals surface area (Å²) in [5.74, 6) is 0.976. The Morgan fingerprint density at radius 1 is 1.11 bits per heavy atom. The van der Waals surface area contributed by atoms with Gasteiger partial charge in [-0.1, -0.05) is 0 Å². The number of benzene rings is 1. The van der Waals surface area contributed by atoms with Crippen LogP contribution in [-0.2, 0) is 0 Å². The lowest BCUT2D eigenvalue weighted by molar-refractivity contribution is 0.0704. The molecule has 0 saturated carbocycles. The largest absolute Gasteiger partial charge is 0.494 e. The van der Waals surface area contributed by atoms with Crippen LogP contribution in [0.25, 0.3) is 0 Å². The van der Waals surface area contributed by atoms with Crippen LogP contribution in [0, 0.1) is 5.92 Å². The zero-order valence-electron chi connectivity index (χ0n) is 16.6. The second kappa shape index (κ2) is 9.78. The molecule has 3 amide bonds. The van der Waals surface area contributed by atoms with Gasteiger partial charge in [0.05, 0.1) is 6.61 Å². The summed E-state index contributed by atoms with van der Waals surface area (Å²) in [5, 5.41) is 12.4. The van der Waals surface area contributed by atoms with Crippen LogP contribution in [0.2, 0.25) is 0 Å². The topological polar surface area (TPSA) is 82.1 Å². The van der Waals surface area contributed by atoms with Crippen LogP contribution < -0.4 is 10.1 Å². The van der Waals surface area contributed by atoms with Crippen LogP contribution in [0.3, 0.4) is 0 Å². The smallest absolute Gasteiger partial charge is 0.317 e. The third-order valence-corrected chi connectivity index (χ3v) is 5.59. The maximum absolute atomic E-state index is 12.7. The van der Waals surface area contributed by atoms with Crippen molar-refractivity contribution >= 4 is 11.9 Å². The minimum absolute atomic E-state index is 0.0228. The molecule has 0 aliphatic carbocycles. The standard InChI is InChI=1S/C21H31N3O4/c1-2-28-19-7-5-17(6-8-19)20(26)23-12-9-18(10-13-23)22-21(27)24-11-3-4-16(14-24)15-25/h5-8,16,18,25H,2-4,9-15H2,1H3,(H,22,27). The van der Waals surface area contributed by atoms with E-state index in [9.17, 15) is 14.7 Å². The van der Waals surface area contributed by atoms with Crippen molar-refractivity contribution in [3.63, 3.8) is 0 Å².